The zero-order valence-corrected chi connectivity index (χ0v) is 18.3. The summed E-state index contributed by atoms with van der Waals surface area (Å²) in [6.07, 6.45) is 2.67. The number of hydrogen-bond acceptors (Lipinski definition) is 6. The number of nitrogens with zero attached hydrogens (tertiary/aromatic N) is 2. The number of fused-ring (bicyclic) bond motifs is 1. The Bertz CT molecular complexity index is 1130. The van der Waals surface area contributed by atoms with Crippen molar-refractivity contribution in [2.75, 3.05) is 6.61 Å². The third-order valence-electron chi connectivity index (χ3n) is 4.76. The largest absolute Gasteiger partial charge is 0.494 e. The first-order chi connectivity index (χ1) is 14.9. The lowest BCUT2D eigenvalue weighted by atomic mass is 10.3. The van der Waals surface area contributed by atoms with Gasteiger partial charge >= 0.3 is 5.97 Å². The van der Waals surface area contributed by atoms with Crippen molar-refractivity contribution in [2.24, 2.45) is 5.14 Å². The number of carbonyl (C=O) groups is 1. The molecule has 3 rings (SSSR count). The number of unbranched alkanes of at least 4 members (excludes halogenated alkanes) is 1. The monoisotopic (exact) mass is 445 g/mol. The predicted octanol–water partition coefficient (Wildman–Crippen LogP) is 3.39. The molecule has 31 heavy (non-hydrogen) atoms. The Balaban J connectivity index is 1.61. The Kier molecular flexibility index (Phi) is 7.64. The van der Waals surface area contributed by atoms with Gasteiger partial charge in [-0.25, -0.2) is 18.5 Å². The van der Waals surface area contributed by atoms with Gasteiger partial charge < -0.3 is 14.0 Å². The molecule has 2 N–H and O–H groups in total. The summed E-state index contributed by atoms with van der Waals surface area (Å²) in [5, 5.41) is 5.22. The molecule has 0 saturated heterocycles. The van der Waals surface area contributed by atoms with E-state index in [-0.39, 0.29) is 23.9 Å². The number of benzene rings is 2. The molecule has 0 atom stereocenters. The summed E-state index contributed by atoms with van der Waals surface area (Å²) in [6, 6.07) is 14.0. The smallest absolute Gasteiger partial charge is 0.306 e. The van der Waals surface area contributed by atoms with Crippen LogP contribution in [0.1, 0.15) is 38.4 Å². The number of sulfonamides is 1. The third-order valence-corrected chi connectivity index (χ3v) is 5.67. The SMILES string of the molecule is CCCCn1c(COC(=O)CCCOc2ccccc2)nc2cc(S(N)(=O)=O)ccc21. The number of nitrogens with two attached hydrogens (primary N) is 1. The maximum absolute atomic E-state index is 12.1. The van der Waals surface area contributed by atoms with Crippen LogP contribution in [0.3, 0.4) is 0 Å². The van der Waals surface area contributed by atoms with Crippen molar-refractivity contribution in [3.63, 3.8) is 0 Å². The lowest BCUT2D eigenvalue weighted by molar-refractivity contribution is -0.145. The molecule has 9 heteroatoms. The average Bonchev–Trinajstić information content (AvgIpc) is 3.10. The van der Waals surface area contributed by atoms with Crippen LogP contribution in [-0.4, -0.2) is 30.5 Å². The summed E-state index contributed by atoms with van der Waals surface area (Å²) in [7, 11) is -3.82. The van der Waals surface area contributed by atoms with E-state index in [1.165, 1.54) is 12.1 Å². The van der Waals surface area contributed by atoms with Crippen LogP contribution in [0.5, 0.6) is 5.75 Å². The fraction of sp³-hybridized carbons (Fsp3) is 0.364. The lowest BCUT2D eigenvalue weighted by Crippen LogP contribution is -2.12. The van der Waals surface area contributed by atoms with Crippen LogP contribution < -0.4 is 9.88 Å². The van der Waals surface area contributed by atoms with Gasteiger partial charge in [0.1, 0.15) is 18.2 Å². The number of carbonyl (C=O) groups excluding carboxylic acids is 1. The average molecular weight is 446 g/mol. The summed E-state index contributed by atoms with van der Waals surface area (Å²) in [4.78, 5) is 16.6. The topological polar surface area (TPSA) is 114 Å². The summed E-state index contributed by atoms with van der Waals surface area (Å²) in [6.45, 7) is 3.21. The first-order valence-corrected chi connectivity index (χ1v) is 11.8. The highest BCUT2D eigenvalue weighted by atomic mass is 32.2. The highest BCUT2D eigenvalue weighted by molar-refractivity contribution is 7.89. The van der Waals surface area contributed by atoms with Gasteiger partial charge in [0.2, 0.25) is 10.0 Å². The molecule has 166 valence electrons. The van der Waals surface area contributed by atoms with Gasteiger partial charge in [0.15, 0.2) is 0 Å². The molecule has 8 nitrogen and oxygen atoms in total. The first-order valence-electron chi connectivity index (χ1n) is 10.2. The highest BCUT2D eigenvalue weighted by Gasteiger charge is 2.16. The van der Waals surface area contributed by atoms with Crippen molar-refractivity contribution in [1.29, 1.82) is 0 Å². The minimum absolute atomic E-state index is 0.00195. The Hall–Kier alpha value is -2.91. The molecule has 0 fully saturated rings. The lowest BCUT2D eigenvalue weighted by Gasteiger charge is -2.10. The molecule has 0 unspecified atom stereocenters. The van der Waals surface area contributed by atoms with Crippen LogP contribution in [-0.2, 0) is 32.7 Å². The Morgan fingerprint density at radius 2 is 1.90 bits per heavy atom. The van der Waals surface area contributed by atoms with E-state index in [0.29, 0.717) is 30.9 Å². The molecule has 0 amide bonds. The van der Waals surface area contributed by atoms with Crippen molar-refractivity contribution in [3.05, 3.63) is 54.4 Å². The minimum atomic E-state index is -3.82. The van der Waals surface area contributed by atoms with Crippen LogP contribution in [0, 0.1) is 0 Å². The molecule has 1 aromatic heterocycles. The third kappa shape index (κ3) is 6.28. The number of para-hydroxylation sites is 1. The summed E-state index contributed by atoms with van der Waals surface area (Å²) in [5.41, 5.74) is 1.29. The maximum atomic E-state index is 12.1. The minimum Gasteiger partial charge on any atom is -0.494 e. The van der Waals surface area contributed by atoms with Crippen LogP contribution in [0.2, 0.25) is 0 Å². The van der Waals surface area contributed by atoms with Crippen LogP contribution in [0.15, 0.2) is 53.4 Å². The second-order valence-electron chi connectivity index (χ2n) is 7.15. The number of aromatic nitrogens is 2. The van der Waals surface area contributed by atoms with Gasteiger partial charge in [-0.05, 0) is 43.2 Å². The molecule has 0 bridgehead atoms. The predicted molar refractivity (Wildman–Crippen MR) is 117 cm³/mol. The molecule has 0 radical (unpaired) electrons. The molecule has 1 heterocycles. The van der Waals surface area contributed by atoms with Gasteiger partial charge in [0, 0.05) is 13.0 Å². The highest BCUT2D eigenvalue weighted by Crippen LogP contribution is 2.21. The molecule has 2 aromatic carbocycles. The number of ether oxygens (including phenoxy) is 2. The zero-order valence-electron chi connectivity index (χ0n) is 17.5. The zero-order chi connectivity index (χ0) is 22.3. The van der Waals surface area contributed by atoms with E-state index in [1.807, 2.05) is 34.9 Å². The normalized spacial score (nSPS) is 11.5. The van der Waals surface area contributed by atoms with Crippen molar-refractivity contribution >= 4 is 27.0 Å². The van der Waals surface area contributed by atoms with Crippen LogP contribution >= 0.6 is 0 Å². The van der Waals surface area contributed by atoms with E-state index in [9.17, 15) is 13.2 Å². The molecule has 3 aromatic rings. The van der Waals surface area contributed by atoms with Gasteiger partial charge in [0.05, 0.1) is 22.5 Å². The van der Waals surface area contributed by atoms with Crippen molar-refractivity contribution in [3.8, 4) is 5.75 Å². The molecule has 0 aliphatic carbocycles. The van der Waals surface area contributed by atoms with Gasteiger partial charge in [0.25, 0.3) is 0 Å². The van der Waals surface area contributed by atoms with E-state index in [2.05, 4.69) is 11.9 Å². The Morgan fingerprint density at radius 1 is 1.13 bits per heavy atom. The maximum Gasteiger partial charge on any atom is 0.306 e. The van der Waals surface area contributed by atoms with Gasteiger partial charge in [-0.2, -0.15) is 0 Å². The number of primary sulfonamides is 1. The molecule has 0 aliphatic heterocycles. The number of imidazole rings is 1. The van der Waals surface area contributed by atoms with Crippen molar-refractivity contribution in [2.45, 2.75) is 50.7 Å². The van der Waals surface area contributed by atoms with E-state index in [4.69, 9.17) is 14.6 Å². The first kappa shape index (κ1) is 22.8. The Morgan fingerprint density at radius 3 is 2.61 bits per heavy atom. The van der Waals surface area contributed by atoms with Crippen molar-refractivity contribution < 1.29 is 22.7 Å². The van der Waals surface area contributed by atoms with Crippen molar-refractivity contribution in [1.82, 2.24) is 9.55 Å². The second kappa shape index (κ2) is 10.4. The quantitative estimate of drug-likeness (QED) is 0.357. The van der Waals surface area contributed by atoms with E-state index < -0.39 is 10.0 Å². The van der Waals surface area contributed by atoms with Crippen LogP contribution in [0.25, 0.3) is 11.0 Å². The summed E-state index contributed by atoms with van der Waals surface area (Å²) < 4.78 is 36.2. The summed E-state index contributed by atoms with van der Waals surface area (Å²) >= 11 is 0. The van der Waals surface area contributed by atoms with Gasteiger partial charge in [-0.15, -0.1) is 0 Å². The van der Waals surface area contributed by atoms with E-state index in [0.717, 1.165) is 24.1 Å². The number of esters is 1. The molecule has 0 saturated carbocycles. The molecule has 0 aliphatic rings. The molecular formula is C22H27N3O5S. The molecule has 0 spiro atoms. The Labute approximate surface area is 182 Å². The molecular weight excluding hydrogens is 418 g/mol. The number of aryl methyl sites for hydroxylation is 1. The van der Waals surface area contributed by atoms with Crippen LogP contribution in [0.4, 0.5) is 0 Å². The fourth-order valence-corrected chi connectivity index (χ4v) is 3.69. The van der Waals surface area contributed by atoms with E-state index >= 15 is 0 Å². The fourth-order valence-electron chi connectivity index (χ4n) is 3.15. The van der Waals surface area contributed by atoms with E-state index in [1.54, 1.807) is 6.07 Å². The number of rotatable bonds is 11. The van der Waals surface area contributed by atoms with Gasteiger partial charge in [-0.1, -0.05) is 31.5 Å². The number of hydrogen-bond donors (Lipinski definition) is 1. The second-order valence-corrected chi connectivity index (χ2v) is 8.72. The standard InChI is InChI=1S/C22H27N3O5S/c1-2-3-13-25-20-12-11-18(31(23,27)28)15-19(20)24-21(25)16-30-22(26)10-7-14-29-17-8-5-4-6-9-17/h4-6,8-9,11-12,15H,2-3,7,10,13-14,16H2,1H3,(H2,23,27,28). The summed E-state index contributed by atoms with van der Waals surface area (Å²) in [5.74, 6) is 0.999. The van der Waals surface area contributed by atoms with Gasteiger partial charge in [-0.3, -0.25) is 4.79 Å².